The van der Waals surface area contributed by atoms with E-state index < -0.39 is 0 Å². The van der Waals surface area contributed by atoms with E-state index in [1.54, 1.807) is 10.9 Å². The van der Waals surface area contributed by atoms with Gasteiger partial charge >= 0.3 is 0 Å². The monoisotopic (exact) mass is 196 g/mol. The molecule has 0 radical (unpaired) electrons. The normalized spacial score (nSPS) is 10.2. The average molecular weight is 196 g/mol. The Hall–Kier alpha value is -1.50. The highest BCUT2D eigenvalue weighted by atomic mass is 32.1. The van der Waals surface area contributed by atoms with Gasteiger partial charge in [0.25, 0.3) is 0 Å². The highest BCUT2D eigenvalue weighted by Crippen LogP contribution is 2.05. The van der Waals surface area contributed by atoms with Crippen LogP contribution < -0.4 is 5.32 Å². The van der Waals surface area contributed by atoms with Crippen molar-refractivity contribution in [1.82, 2.24) is 24.4 Å². The fraction of sp³-hybridized carbons (Fsp3) is 0.333. The van der Waals surface area contributed by atoms with Crippen LogP contribution in [0.5, 0.6) is 0 Å². The summed E-state index contributed by atoms with van der Waals surface area (Å²) in [7, 11) is 0. The van der Waals surface area contributed by atoms with Gasteiger partial charge in [-0.1, -0.05) is 5.21 Å². The molecule has 68 valence electrons. The SMILES string of the molecule is c1cn(CCNc2ncns2)nn1. The molecule has 7 heteroatoms. The molecule has 2 aromatic rings. The van der Waals surface area contributed by atoms with Gasteiger partial charge < -0.3 is 5.32 Å². The molecule has 0 aliphatic heterocycles. The zero-order chi connectivity index (χ0) is 8.93. The first kappa shape index (κ1) is 8.11. The van der Waals surface area contributed by atoms with Gasteiger partial charge in [0.1, 0.15) is 6.33 Å². The topological polar surface area (TPSA) is 68.5 Å². The summed E-state index contributed by atoms with van der Waals surface area (Å²) >= 11 is 1.34. The molecule has 0 saturated carbocycles. The summed E-state index contributed by atoms with van der Waals surface area (Å²) in [5.74, 6) is 0. The third-order valence-corrected chi connectivity index (χ3v) is 2.07. The lowest BCUT2D eigenvalue weighted by Gasteiger charge is -2.00. The van der Waals surface area contributed by atoms with E-state index in [0.29, 0.717) is 0 Å². The fourth-order valence-corrected chi connectivity index (χ4v) is 1.34. The number of hydrogen-bond donors (Lipinski definition) is 1. The van der Waals surface area contributed by atoms with Crippen molar-refractivity contribution in [3.05, 3.63) is 18.7 Å². The van der Waals surface area contributed by atoms with Gasteiger partial charge in [0.2, 0.25) is 5.13 Å². The Kier molecular flexibility index (Phi) is 2.46. The molecule has 2 aromatic heterocycles. The third-order valence-electron chi connectivity index (χ3n) is 1.45. The van der Waals surface area contributed by atoms with E-state index >= 15 is 0 Å². The van der Waals surface area contributed by atoms with Crippen molar-refractivity contribution in [3.63, 3.8) is 0 Å². The molecule has 0 aliphatic rings. The number of rotatable bonds is 4. The second kappa shape index (κ2) is 3.94. The Morgan fingerprint density at radius 3 is 3.23 bits per heavy atom. The summed E-state index contributed by atoms with van der Waals surface area (Å²) in [6.07, 6.45) is 5.01. The molecular formula is C6H8N6S. The maximum atomic E-state index is 3.99. The molecule has 2 rings (SSSR count). The summed E-state index contributed by atoms with van der Waals surface area (Å²) in [5, 5.41) is 11.5. The zero-order valence-corrected chi connectivity index (χ0v) is 7.61. The molecule has 6 nitrogen and oxygen atoms in total. The van der Waals surface area contributed by atoms with Crippen LogP contribution >= 0.6 is 11.5 Å². The van der Waals surface area contributed by atoms with E-state index in [1.165, 1.54) is 17.9 Å². The summed E-state index contributed by atoms with van der Waals surface area (Å²) in [5.41, 5.74) is 0. The number of nitrogens with zero attached hydrogens (tertiary/aromatic N) is 5. The third kappa shape index (κ3) is 2.22. The Balaban J connectivity index is 1.76. The van der Waals surface area contributed by atoms with Crippen molar-refractivity contribution in [2.45, 2.75) is 6.54 Å². The van der Waals surface area contributed by atoms with Crippen LogP contribution in [0, 0.1) is 0 Å². The maximum Gasteiger partial charge on any atom is 0.202 e. The molecule has 0 aromatic carbocycles. The number of aromatic nitrogens is 5. The van der Waals surface area contributed by atoms with Crippen LogP contribution in [0.15, 0.2) is 18.7 Å². The van der Waals surface area contributed by atoms with Crippen molar-refractivity contribution in [3.8, 4) is 0 Å². The van der Waals surface area contributed by atoms with Gasteiger partial charge in [-0.25, -0.2) is 4.98 Å². The Labute approximate surface area is 78.8 Å². The highest BCUT2D eigenvalue weighted by molar-refractivity contribution is 7.09. The molecule has 13 heavy (non-hydrogen) atoms. The highest BCUT2D eigenvalue weighted by Gasteiger charge is 1.94. The van der Waals surface area contributed by atoms with Crippen LogP contribution in [0.2, 0.25) is 0 Å². The van der Waals surface area contributed by atoms with Gasteiger partial charge in [0, 0.05) is 24.3 Å². The molecule has 0 bridgehead atoms. The van der Waals surface area contributed by atoms with Gasteiger partial charge in [-0.15, -0.1) is 5.10 Å². The Bertz CT molecular complexity index is 294. The quantitative estimate of drug-likeness (QED) is 0.758. The largest absolute Gasteiger partial charge is 0.358 e. The molecule has 1 N–H and O–H groups in total. The van der Waals surface area contributed by atoms with Crippen molar-refractivity contribution in [2.75, 3.05) is 11.9 Å². The van der Waals surface area contributed by atoms with E-state index in [4.69, 9.17) is 0 Å². The maximum absolute atomic E-state index is 3.99. The Morgan fingerprint density at radius 2 is 2.54 bits per heavy atom. The first-order chi connectivity index (χ1) is 6.45. The number of hydrogen-bond acceptors (Lipinski definition) is 6. The Morgan fingerprint density at radius 1 is 1.54 bits per heavy atom. The van der Waals surface area contributed by atoms with Crippen LogP contribution in [0.4, 0.5) is 5.13 Å². The molecule has 0 aliphatic carbocycles. The predicted molar refractivity (Wildman–Crippen MR) is 48.4 cm³/mol. The minimum Gasteiger partial charge on any atom is -0.358 e. The molecule has 0 atom stereocenters. The van der Waals surface area contributed by atoms with Gasteiger partial charge in [0.05, 0.1) is 12.7 Å². The van der Waals surface area contributed by atoms with E-state index in [0.717, 1.165) is 18.2 Å². The van der Waals surface area contributed by atoms with Crippen molar-refractivity contribution in [1.29, 1.82) is 0 Å². The van der Waals surface area contributed by atoms with E-state index in [-0.39, 0.29) is 0 Å². The second-order valence-electron chi connectivity index (χ2n) is 2.34. The molecule has 2 heterocycles. The zero-order valence-electron chi connectivity index (χ0n) is 6.79. The van der Waals surface area contributed by atoms with Gasteiger partial charge in [-0.3, -0.25) is 4.68 Å². The minimum absolute atomic E-state index is 0.776. The molecular weight excluding hydrogens is 188 g/mol. The van der Waals surface area contributed by atoms with E-state index in [9.17, 15) is 0 Å². The van der Waals surface area contributed by atoms with Crippen molar-refractivity contribution in [2.24, 2.45) is 0 Å². The van der Waals surface area contributed by atoms with Crippen molar-refractivity contribution < 1.29 is 0 Å². The first-order valence-electron chi connectivity index (χ1n) is 3.80. The molecule has 0 spiro atoms. The molecule has 0 saturated heterocycles. The molecule has 0 amide bonds. The summed E-state index contributed by atoms with van der Waals surface area (Å²) in [6, 6.07) is 0. The van der Waals surface area contributed by atoms with Crippen LogP contribution in [0.3, 0.4) is 0 Å². The summed E-state index contributed by atoms with van der Waals surface area (Å²) in [4.78, 5) is 3.99. The number of nitrogens with one attached hydrogen (secondary N) is 1. The minimum atomic E-state index is 0.776. The molecule has 0 unspecified atom stereocenters. The van der Waals surface area contributed by atoms with Crippen LogP contribution in [-0.2, 0) is 6.54 Å². The first-order valence-corrected chi connectivity index (χ1v) is 4.57. The van der Waals surface area contributed by atoms with E-state index in [1.807, 2.05) is 6.20 Å². The lowest BCUT2D eigenvalue weighted by molar-refractivity contribution is 0.609. The lowest BCUT2D eigenvalue weighted by atomic mass is 10.6. The number of anilines is 1. The average Bonchev–Trinajstić information content (AvgIpc) is 2.75. The van der Waals surface area contributed by atoms with Crippen molar-refractivity contribution >= 4 is 16.7 Å². The summed E-state index contributed by atoms with van der Waals surface area (Å²) < 4.78 is 5.63. The van der Waals surface area contributed by atoms with Gasteiger partial charge in [0.15, 0.2) is 0 Å². The lowest BCUT2D eigenvalue weighted by Crippen LogP contribution is -2.10. The van der Waals surface area contributed by atoms with Gasteiger partial charge in [-0.05, 0) is 0 Å². The standard InChI is InChI=1S/C6H8N6S/c1(3-12-4-2-9-11-12)7-6-8-5-10-13-6/h2,4-5H,1,3H2,(H,7,8,10). The fourth-order valence-electron chi connectivity index (χ4n) is 0.880. The smallest absolute Gasteiger partial charge is 0.202 e. The van der Waals surface area contributed by atoms with Crippen LogP contribution in [-0.4, -0.2) is 30.9 Å². The summed E-state index contributed by atoms with van der Waals surface area (Å²) in [6.45, 7) is 1.55. The predicted octanol–water partition coefficient (Wildman–Crippen LogP) is 0.242. The second-order valence-corrected chi connectivity index (χ2v) is 3.12. The van der Waals surface area contributed by atoms with Crippen LogP contribution in [0.25, 0.3) is 0 Å². The molecule has 0 fully saturated rings. The van der Waals surface area contributed by atoms with Gasteiger partial charge in [-0.2, -0.15) is 4.37 Å². The van der Waals surface area contributed by atoms with E-state index in [2.05, 4.69) is 25.0 Å². The van der Waals surface area contributed by atoms with Crippen LogP contribution in [0.1, 0.15) is 0 Å².